The molecule has 12 heteroatoms. The van der Waals surface area contributed by atoms with Gasteiger partial charge in [0.25, 0.3) is 11.8 Å². The number of nitrogens with one attached hydrogen (secondary N) is 2. The molecule has 1 aromatic heterocycles. The van der Waals surface area contributed by atoms with Crippen molar-refractivity contribution in [3.63, 3.8) is 0 Å². The summed E-state index contributed by atoms with van der Waals surface area (Å²) in [7, 11) is 1.53. The van der Waals surface area contributed by atoms with E-state index in [0.29, 0.717) is 48.3 Å². The molecular weight excluding hydrogens is 528 g/mol. The predicted octanol–water partition coefficient (Wildman–Crippen LogP) is 1.96. The topological polar surface area (TPSA) is 137 Å². The Hall–Kier alpha value is -4.45. The van der Waals surface area contributed by atoms with Crippen molar-refractivity contribution < 1.29 is 28.6 Å². The van der Waals surface area contributed by atoms with Gasteiger partial charge in [-0.05, 0) is 38.0 Å². The van der Waals surface area contributed by atoms with Gasteiger partial charge in [0.2, 0.25) is 5.91 Å². The molecule has 3 amide bonds. The first-order valence-corrected chi connectivity index (χ1v) is 13.7. The Morgan fingerprint density at radius 2 is 1.90 bits per heavy atom. The van der Waals surface area contributed by atoms with Crippen LogP contribution in [0.3, 0.4) is 0 Å². The molecule has 2 aromatic carbocycles. The van der Waals surface area contributed by atoms with Crippen molar-refractivity contribution >= 4 is 17.7 Å². The Balaban J connectivity index is 1.46. The van der Waals surface area contributed by atoms with Gasteiger partial charge in [-0.15, -0.1) is 0 Å². The second kappa shape index (κ2) is 12.8. The van der Waals surface area contributed by atoms with Crippen LogP contribution < -0.4 is 20.1 Å². The van der Waals surface area contributed by atoms with E-state index >= 15 is 0 Å². The highest BCUT2D eigenvalue weighted by molar-refractivity contribution is 5.95. The first-order chi connectivity index (χ1) is 19.9. The van der Waals surface area contributed by atoms with E-state index in [0.717, 1.165) is 12.0 Å². The highest BCUT2D eigenvalue weighted by Crippen LogP contribution is 2.28. The number of carbonyl (C=O) groups excluding carboxylic acids is 3. The van der Waals surface area contributed by atoms with Gasteiger partial charge in [0.1, 0.15) is 18.5 Å². The third-order valence-corrected chi connectivity index (χ3v) is 7.00. The van der Waals surface area contributed by atoms with Gasteiger partial charge in [0.15, 0.2) is 17.3 Å². The highest BCUT2D eigenvalue weighted by atomic mass is 16.5. The zero-order valence-electron chi connectivity index (χ0n) is 23.2. The smallest absolute Gasteiger partial charge is 0.252 e. The number of benzene rings is 2. The van der Waals surface area contributed by atoms with Crippen LogP contribution in [0.1, 0.15) is 42.0 Å². The van der Waals surface area contributed by atoms with Crippen molar-refractivity contribution in [3.05, 3.63) is 59.9 Å². The Kier molecular flexibility index (Phi) is 8.78. The van der Waals surface area contributed by atoms with Crippen LogP contribution in [0.4, 0.5) is 0 Å². The minimum Gasteiger partial charge on any atom is -0.493 e. The summed E-state index contributed by atoms with van der Waals surface area (Å²) >= 11 is 0. The van der Waals surface area contributed by atoms with Gasteiger partial charge in [0.05, 0.1) is 26.2 Å². The molecule has 2 bridgehead atoms. The average Bonchev–Trinajstić information content (AvgIpc) is 3.67. The largest absolute Gasteiger partial charge is 0.493 e. The van der Waals surface area contributed by atoms with E-state index < -0.39 is 12.1 Å². The van der Waals surface area contributed by atoms with Gasteiger partial charge < -0.3 is 29.7 Å². The van der Waals surface area contributed by atoms with Crippen molar-refractivity contribution in [2.24, 2.45) is 0 Å². The maximum absolute atomic E-state index is 13.2. The number of rotatable bonds is 3. The summed E-state index contributed by atoms with van der Waals surface area (Å²) in [4.78, 5) is 45.5. The molecule has 3 aromatic rings. The summed E-state index contributed by atoms with van der Waals surface area (Å²) < 4.78 is 18.7. The molecule has 2 aliphatic heterocycles. The number of aromatic nitrogens is 3. The third-order valence-electron chi connectivity index (χ3n) is 7.00. The number of fused-ring (bicyclic) bond motifs is 3. The van der Waals surface area contributed by atoms with Crippen molar-refractivity contribution in [1.29, 1.82) is 0 Å². The van der Waals surface area contributed by atoms with Crippen molar-refractivity contribution in [2.75, 3.05) is 40.0 Å². The third kappa shape index (κ3) is 6.65. The molecule has 3 heterocycles. The number of methoxy groups -OCH3 is 1. The van der Waals surface area contributed by atoms with Crippen molar-refractivity contribution in [1.82, 2.24) is 30.3 Å². The number of hydrogen-bond donors (Lipinski definition) is 2. The van der Waals surface area contributed by atoms with E-state index in [9.17, 15) is 14.4 Å². The van der Waals surface area contributed by atoms with Crippen LogP contribution in [-0.2, 0) is 20.9 Å². The van der Waals surface area contributed by atoms with E-state index in [-0.39, 0.29) is 44.0 Å². The molecule has 0 radical (unpaired) electrons. The summed E-state index contributed by atoms with van der Waals surface area (Å²) in [5.41, 5.74) is 1.21. The Morgan fingerprint density at radius 1 is 1.07 bits per heavy atom. The standard InChI is InChI=1S/C29H34N6O6/c1-19-27-32-26(20-7-4-3-5-8-20)33-35(27)14-16-41-24-17-21(10-11-22(24)39-2)28(37)30-12-13-34(18-25(36)31-19)29(38)23-9-6-15-40-23/h3-5,7-8,10-11,17,19,23H,6,9,12-16,18H2,1-2H3,(H,30,37)(H,31,36)/t19-,23-/m1/s1. The van der Waals surface area contributed by atoms with E-state index in [1.54, 1.807) is 22.9 Å². The minimum atomic E-state index is -0.595. The lowest BCUT2D eigenvalue weighted by Crippen LogP contribution is -2.48. The van der Waals surface area contributed by atoms with Crippen LogP contribution in [0.25, 0.3) is 11.4 Å². The molecule has 41 heavy (non-hydrogen) atoms. The number of nitrogens with zero attached hydrogens (tertiary/aromatic N) is 4. The van der Waals surface area contributed by atoms with Gasteiger partial charge in [-0.25, -0.2) is 9.67 Å². The predicted molar refractivity (Wildman–Crippen MR) is 148 cm³/mol. The van der Waals surface area contributed by atoms with Gasteiger partial charge >= 0.3 is 0 Å². The molecule has 12 nitrogen and oxygen atoms in total. The normalized spacial score (nSPS) is 20.3. The average molecular weight is 563 g/mol. The minimum absolute atomic E-state index is 0.139. The molecule has 216 valence electrons. The fourth-order valence-electron chi connectivity index (χ4n) is 4.90. The van der Waals surface area contributed by atoms with Crippen LogP contribution in [0.5, 0.6) is 11.5 Å². The first kappa shape index (κ1) is 28.1. The summed E-state index contributed by atoms with van der Waals surface area (Å²) in [6.07, 6.45) is 0.786. The lowest BCUT2D eigenvalue weighted by atomic mass is 10.2. The molecule has 1 saturated heterocycles. The molecule has 1 fully saturated rings. The van der Waals surface area contributed by atoms with E-state index in [1.807, 2.05) is 37.3 Å². The molecule has 0 spiro atoms. The van der Waals surface area contributed by atoms with Crippen molar-refractivity contribution in [3.8, 4) is 22.9 Å². The maximum Gasteiger partial charge on any atom is 0.252 e. The van der Waals surface area contributed by atoms with Crippen molar-refractivity contribution in [2.45, 2.75) is 38.5 Å². The van der Waals surface area contributed by atoms with E-state index in [4.69, 9.17) is 24.3 Å². The zero-order valence-corrected chi connectivity index (χ0v) is 23.2. The van der Waals surface area contributed by atoms with Crippen LogP contribution >= 0.6 is 0 Å². The summed E-state index contributed by atoms with van der Waals surface area (Å²) in [6, 6.07) is 14.0. The molecule has 0 unspecified atom stereocenters. The van der Waals surface area contributed by atoms with Crippen LogP contribution in [-0.4, -0.2) is 83.4 Å². The van der Waals surface area contributed by atoms with Gasteiger partial charge in [-0.3, -0.25) is 14.4 Å². The molecule has 0 aliphatic carbocycles. The fraction of sp³-hybridized carbons (Fsp3) is 0.414. The molecular formula is C29H34N6O6. The molecule has 2 atom stereocenters. The highest BCUT2D eigenvalue weighted by Gasteiger charge is 2.30. The number of ether oxygens (including phenoxy) is 3. The van der Waals surface area contributed by atoms with Gasteiger partial charge in [0, 0.05) is 30.8 Å². The fourth-order valence-corrected chi connectivity index (χ4v) is 4.90. The van der Waals surface area contributed by atoms with E-state index in [1.165, 1.54) is 12.0 Å². The van der Waals surface area contributed by atoms with Crippen LogP contribution in [0.2, 0.25) is 0 Å². The summed E-state index contributed by atoms with van der Waals surface area (Å²) in [6.45, 7) is 2.95. The molecule has 0 saturated carbocycles. The molecule has 2 N–H and O–H groups in total. The van der Waals surface area contributed by atoms with Gasteiger partial charge in [-0.2, -0.15) is 5.10 Å². The lowest BCUT2D eigenvalue weighted by Gasteiger charge is -2.25. The quantitative estimate of drug-likeness (QED) is 0.495. The molecule has 5 rings (SSSR count). The molecule has 2 aliphatic rings. The Morgan fingerprint density at radius 3 is 2.66 bits per heavy atom. The first-order valence-electron chi connectivity index (χ1n) is 13.7. The Bertz CT molecular complexity index is 1390. The lowest BCUT2D eigenvalue weighted by molar-refractivity contribution is -0.144. The van der Waals surface area contributed by atoms with Crippen LogP contribution in [0, 0.1) is 0 Å². The Labute approximate surface area is 238 Å². The monoisotopic (exact) mass is 562 g/mol. The summed E-state index contributed by atoms with van der Waals surface area (Å²) in [5.74, 6) is 0.982. The second-order valence-electron chi connectivity index (χ2n) is 9.90. The van der Waals surface area contributed by atoms with E-state index in [2.05, 4.69) is 10.6 Å². The zero-order chi connectivity index (χ0) is 28.8. The number of amides is 3. The number of hydrogen-bond acceptors (Lipinski definition) is 8. The second-order valence-corrected chi connectivity index (χ2v) is 9.90. The summed E-state index contributed by atoms with van der Waals surface area (Å²) in [5, 5.41) is 10.5. The SMILES string of the molecule is COc1ccc2cc1OCCn1nc(-c3ccccc3)nc1[C@@H](C)NC(=O)CN(C(=O)[C@H]1CCCO1)CCNC2=O. The number of carbonyl (C=O) groups is 3. The van der Waals surface area contributed by atoms with Crippen LogP contribution in [0.15, 0.2) is 48.5 Å². The van der Waals surface area contributed by atoms with Gasteiger partial charge in [-0.1, -0.05) is 30.3 Å². The maximum atomic E-state index is 13.2.